The number of nitrogens with two attached hydrogens (primary N) is 1. The summed E-state index contributed by atoms with van der Waals surface area (Å²) in [6.07, 6.45) is -9.29. The molecule has 1 heterocycles. The molecule has 0 bridgehead atoms. The zero-order chi connectivity index (χ0) is 35.4. The van der Waals surface area contributed by atoms with E-state index in [0.717, 1.165) is 23.9 Å². The quantitative estimate of drug-likeness (QED) is 0.196. The minimum absolute atomic E-state index is 0.0846. The number of carbonyl (C=O) groups excluding carboxylic acids is 2. The molecule has 45 heavy (non-hydrogen) atoms. The number of esters is 1. The van der Waals surface area contributed by atoms with Gasteiger partial charge in [0.05, 0.1) is 12.6 Å². The first kappa shape index (κ1) is 40.9. The van der Waals surface area contributed by atoms with Crippen LogP contribution in [0.3, 0.4) is 0 Å². The van der Waals surface area contributed by atoms with Gasteiger partial charge in [0.1, 0.15) is 11.8 Å². The predicted octanol–water partition coefficient (Wildman–Crippen LogP) is 4.51. The standard InChI is InChI=1S/C23H35N3O5.2C2HF3O2/c1-14(2)20(24)21(27)30-22(15(3)4)31-23(28)26-13-16(10-11-25(5)6)18-12-17(29-7)8-9-19(18)26;2*3-2(4,5)1(6)7/h8-9,12-15,20,22H,10-11,24H2,1-7H3;2*(H,6,7)/t20-,22?;;/m0../s1. The van der Waals surface area contributed by atoms with Crippen LogP contribution >= 0.6 is 0 Å². The first-order chi connectivity index (χ1) is 20.4. The third kappa shape index (κ3) is 14.1. The van der Waals surface area contributed by atoms with Gasteiger partial charge < -0.3 is 35.1 Å². The number of carbonyl (C=O) groups is 4. The van der Waals surface area contributed by atoms with Gasteiger partial charge in [-0.3, -0.25) is 9.36 Å². The molecule has 2 atom stereocenters. The highest BCUT2D eigenvalue weighted by Gasteiger charge is 2.39. The number of carboxylic acid groups (broad SMARTS) is 2. The summed E-state index contributed by atoms with van der Waals surface area (Å²) in [7, 11) is 5.60. The molecule has 0 radical (unpaired) electrons. The highest BCUT2D eigenvalue weighted by molar-refractivity contribution is 5.93. The molecule has 256 valence electrons. The lowest BCUT2D eigenvalue weighted by Gasteiger charge is -2.24. The van der Waals surface area contributed by atoms with Crippen LogP contribution in [0.1, 0.15) is 33.3 Å². The Morgan fingerprint density at radius 1 is 0.911 bits per heavy atom. The Morgan fingerprint density at radius 2 is 1.40 bits per heavy atom. The molecule has 0 saturated carbocycles. The van der Waals surface area contributed by atoms with E-state index in [-0.39, 0.29) is 11.8 Å². The number of nitrogens with zero attached hydrogens (tertiary/aromatic N) is 2. The van der Waals surface area contributed by atoms with Gasteiger partial charge in [-0.2, -0.15) is 26.3 Å². The molecule has 0 fully saturated rings. The Kier molecular flexibility index (Phi) is 15.9. The van der Waals surface area contributed by atoms with Crippen molar-refractivity contribution in [2.75, 3.05) is 27.7 Å². The molecular weight excluding hydrogens is 624 g/mol. The average molecular weight is 662 g/mol. The molecule has 12 nitrogen and oxygen atoms in total. The summed E-state index contributed by atoms with van der Waals surface area (Å²) in [5.41, 5.74) is 7.58. The van der Waals surface area contributed by atoms with E-state index in [1.54, 1.807) is 19.4 Å². The Morgan fingerprint density at radius 3 is 1.78 bits per heavy atom. The summed E-state index contributed by atoms with van der Waals surface area (Å²) in [6, 6.07) is 4.74. The molecule has 18 heteroatoms. The molecule has 0 aliphatic heterocycles. The number of alkyl halides is 6. The van der Waals surface area contributed by atoms with Crippen LogP contribution in [0.5, 0.6) is 5.75 Å². The number of hydrogen-bond acceptors (Lipinski definition) is 9. The third-order valence-electron chi connectivity index (χ3n) is 5.59. The number of halogens is 6. The molecule has 4 N–H and O–H groups in total. The van der Waals surface area contributed by atoms with Gasteiger partial charge >= 0.3 is 36.4 Å². The van der Waals surface area contributed by atoms with Gasteiger partial charge in [-0.05, 0) is 50.2 Å². The van der Waals surface area contributed by atoms with Gasteiger partial charge in [0, 0.05) is 24.0 Å². The molecule has 0 spiro atoms. The molecule has 2 aromatic rings. The van der Waals surface area contributed by atoms with Crippen LogP contribution in [-0.4, -0.2) is 96.1 Å². The van der Waals surface area contributed by atoms with Gasteiger partial charge in [-0.25, -0.2) is 14.4 Å². The maximum Gasteiger partial charge on any atom is 0.490 e. The molecule has 1 unspecified atom stereocenters. The van der Waals surface area contributed by atoms with Crippen LogP contribution in [-0.2, 0) is 30.3 Å². The summed E-state index contributed by atoms with van der Waals surface area (Å²) in [4.78, 5) is 45.2. The van der Waals surface area contributed by atoms with Crippen molar-refractivity contribution in [3.05, 3.63) is 30.0 Å². The first-order valence-corrected chi connectivity index (χ1v) is 13.0. The number of aromatic nitrogens is 1. The van der Waals surface area contributed by atoms with Crippen molar-refractivity contribution >= 4 is 34.9 Å². The Hall–Kier alpha value is -4.06. The Labute approximate surface area is 254 Å². The second-order valence-electron chi connectivity index (χ2n) is 10.3. The molecule has 0 aliphatic rings. The fraction of sp³-hybridized carbons (Fsp3) is 0.556. The number of rotatable bonds is 9. The van der Waals surface area contributed by atoms with Crippen molar-refractivity contribution in [2.45, 2.75) is 58.8 Å². The van der Waals surface area contributed by atoms with Crippen LogP contribution < -0.4 is 10.5 Å². The molecule has 0 amide bonds. The lowest BCUT2D eigenvalue weighted by molar-refractivity contribution is -0.193. The van der Waals surface area contributed by atoms with E-state index in [9.17, 15) is 35.9 Å². The summed E-state index contributed by atoms with van der Waals surface area (Å²) >= 11 is 0. The third-order valence-corrected chi connectivity index (χ3v) is 5.59. The minimum Gasteiger partial charge on any atom is -0.497 e. The number of likely N-dealkylation sites (N-methyl/N-ethyl adjacent to an activating group) is 1. The zero-order valence-corrected chi connectivity index (χ0v) is 25.5. The smallest absolute Gasteiger partial charge is 0.490 e. The van der Waals surface area contributed by atoms with Gasteiger partial charge in [0.25, 0.3) is 6.29 Å². The van der Waals surface area contributed by atoms with Gasteiger partial charge in [-0.15, -0.1) is 0 Å². The van der Waals surface area contributed by atoms with Crippen molar-refractivity contribution in [3.8, 4) is 5.75 Å². The van der Waals surface area contributed by atoms with E-state index in [4.69, 9.17) is 39.7 Å². The fourth-order valence-electron chi connectivity index (χ4n) is 3.02. The summed E-state index contributed by atoms with van der Waals surface area (Å²) in [6.45, 7) is 8.11. The van der Waals surface area contributed by atoms with Crippen molar-refractivity contribution < 1.29 is 69.9 Å². The van der Waals surface area contributed by atoms with Crippen molar-refractivity contribution in [2.24, 2.45) is 17.6 Å². The molecule has 1 aromatic heterocycles. The van der Waals surface area contributed by atoms with Crippen LogP contribution in [0, 0.1) is 11.8 Å². The second-order valence-corrected chi connectivity index (χ2v) is 10.3. The van der Waals surface area contributed by atoms with Crippen LogP contribution in [0.2, 0.25) is 0 Å². The van der Waals surface area contributed by atoms with E-state index < -0.39 is 48.7 Å². The second kappa shape index (κ2) is 17.4. The number of aliphatic carboxylic acids is 2. The number of fused-ring (bicyclic) bond motifs is 1. The molecule has 0 aliphatic carbocycles. The number of benzene rings is 1. The van der Waals surface area contributed by atoms with Gasteiger partial charge in [0.15, 0.2) is 0 Å². The maximum atomic E-state index is 13.0. The van der Waals surface area contributed by atoms with Gasteiger partial charge in [-0.1, -0.05) is 27.7 Å². The highest BCUT2D eigenvalue weighted by atomic mass is 19.4. The van der Waals surface area contributed by atoms with Crippen molar-refractivity contribution in [1.82, 2.24) is 9.47 Å². The number of hydrogen-bond donors (Lipinski definition) is 3. The maximum absolute atomic E-state index is 13.0. The lowest BCUT2D eigenvalue weighted by Crippen LogP contribution is -2.41. The van der Waals surface area contributed by atoms with E-state index in [0.29, 0.717) is 11.3 Å². The van der Waals surface area contributed by atoms with Crippen LogP contribution in [0.25, 0.3) is 10.9 Å². The fourth-order valence-corrected chi connectivity index (χ4v) is 3.02. The predicted molar refractivity (Wildman–Crippen MR) is 148 cm³/mol. The van der Waals surface area contributed by atoms with E-state index in [1.165, 1.54) is 4.57 Å². The van der Waals surface area contributed by atoms with E-state index in [2.05, 4.69) is 4.90 Å². The Balaban J connectivity index is 0.00000114. The van der Waals surface area contributed by atoms with Crippen molar-refractivity contribution in [3.63, 3.8) is 0 Å². The zero-order valence-electron chi connectivity index (χ0n) is 25.5. The SMILES string of the molecule is COc1ccc2c(c1)c(CCN(C)C)cn2C(=O)OC(OC(=O)[C@@H](N)C(C)C)C(C)C.O=C(O)C(F)(F)F.O=C(O)C(F)(F)F. The van der Waals surface area contributed by atoms with Gasteiger partial charge in [0.2, 0.25) is 0 Å². The van der Waals surface area contributed by atoms with E-state index >= 15 is 0 Å². The Bertz CT molecular complexity index is 1270. The highest BCUT2D eigenvalue weighted by Crippen LogP contribution is 2.27. The molecule has 1 aromatic carbocycles. The first-order valence-electron chi connectivity index (χ1n) is 13.0. The monoisotopic (exact) mass is 661 g/mol. The molecule has 2 rings (SSSR count). The topological polar surface area (TPSA) is 171 Å². The lowest BCUT2D eigenvalue weighted by atomic mass is 10.1. The largest absolute Gasteiger partial charge is 0.497 e. The molecule has 0 saturated heterocycles. The average Bonchev–Trinajstić information content (AvgIpc) is 3.28. The summed E-state index contributed by atoms with van der Waals surface area (Å²) < 4.78 is 81.3. The van der Waals surface area contributed by atoms with Crippen LogP contribution in [0.15, 0.2) is 24.4 Å². The number of methoxy groups -OCH3 is 1. The summed E-state index contributed by atoms with van der Waals surface area (Å²) in [5, 5.41) is 15.2. The molecular formula is C27H37F6N3O9. The van der Waals surface area contributed by atoms with E-state index in [1.807, 2.05) is 53.9 Å². The number of ether oxygens (including phenoxy) is 3. The van der Waals surface area contributed by atoms with Crippen molar-refractivity contribution in [1.29, 1.82) is 0 Å². The van der Waals surface area contributed by atoms with Crippen LogP contribution in [0.4, 0.5) is 31.1 Å². The summed E-state index contributed by atoms with van der Waals surface area (Å²) in [5.74, 6) is -5.71. The number of carboxylic acids is 2. The normalized spacial score (nSPS) is 12.9. The minimum atomic E-state index is -5.08.